The fourth-order valence-corrected chi connectivity index (χ4v) is 1.83. The Balaban J connectivity index is 1.92. The molecule has 2 N–H and O–H groups in total. The van der Waals surface area contributed by atoms with Gasteiger partial charge in [0.1, 0.15) is 5.82 Å². The van der Waals surface area contributed by atoms with Gasteiger partial charge in [0.15, 0.2) is 0 Å². The molecule has 2 unspecified atom stereocenters. The van der Waals surface area contributed by atoms with Crippen LogP contribution in [0.25, 0.3) is 0 Å². The molecule has 0 bridgehead atoms. The second-order valence-electron chi connectivity index (χ2n) is 4.83. The number of benzene rings is 1. The molecule has 2 rings (SSSR count). The highest BCUT2D eigenvalue weighted by Crippen LogP contribution is 2.15. The molecule has 0 aliphatic heterocycles. The zero-order valence-corrected chi connectivity index (χ0v) is 11.9. The SMILES string of the molecule is CNC(C)c1nnc(NC(C)Cc2ccc(F)cc2)o1. The van der Waals surface area contributed by atoms with Crippen LogP contribution in [0.1, 0.15) is 31.3 Å². The molecule has 0 radical (unpaired) electrons. The van der Waals surface area contributed by atoms with Crippen molar-refractivity contribution >= 4 is 6.01 Å². The van der Waals surface area contributed by atoms with Crippen molar-refractivity contribution in [3.05, 3.63) is 41.5 Å². The lowest BCUT2D eigenvalue weighted by Crippen LogP contribution is -2.18. The zero-order chi connectivity index (χ0) is 14.5. The third-order valence-corrected chi connectivity index (χ3v) is 3.07. The number of nitrogens with zero attached hydrogens (tertiary/aromatic N) is 2. The van der Waals surface area contributed by atoms with E-state index < -0.39 is 0 Å². The molecule has 6 heteroatoms. The molecule has 1 aromatic heterocycles. The minimum atomic E-state index is -0.225. The van der Waals surface area contributed by atoms with E-state index in [-0.39, 0.29) is 17.9 Å². The molecule has 0 aliphatic rings. The van der Waals surface area contributed by atoms with Crippen LogP contribution in [0.3, 0.4) is 0 Å². The first-order valence-corrected chi connectivity index (χ1v) is 6.60. The molecule has 2 aromatic rings. The van der Waals surface area contributed by atoms with Gasteiger partial charge in [-0.2, -0.15) is 0 Å². The van der Waals surface area contributed by atoms with Gasteiger partial charge < -0.3 is 15.1 Å². The zero-order valence-electron chi connectivity index (χ0n) is 11.9. The Morgan fingerprint density at radius 2 is 1.90 bits per heavy atom. The number of aromatic nitrogens is 2. The van der Waals surface area contributed by atoms with E-state index in [1.165, 1.54) is 12.1 Å². The fraction of sp³-hybridized carbons (Fsp3) is 0.429. The lowest BCUT2D eigenvalue weighted by Gasteiger charge is -2.11. The van der Waals surface area contributed by atoms with Crippen LogP contribution in [0.15, 0.2) is 28.7 Å². The molecule has 0 amide bonds. The second-order valence-corrected chi connectivity index (χ2v) is 4.83. The van der Waals surface area contributed by atoms with Crippen molar-refractivity contribution in [2.24, 2.45) is 0 Å². The van der Waals surface area contributed by atoms with Gasteiger partial charge in [0.25, 0.3) is 0 Å². The first-order valence-electron chi connectivity index (χ1n) is 6.60. The highest BCUT2D eigenvalue weighted by atomic mass is 19.1. The Morgan fingerprint density at radius 1 is 1.20 bits per heavy atom. The predicted molar refractivity (Wildman–Crippen MR) is 75.0 cm³/mol. The molecule has 1 heterocycles. The van der Waals surface area contributed by atoms with E-state index in [4.69, 9.17) is 4.42 Å². The van der Waals surface area contributed by atoms with Crippen molar-refractivity contribution in [2.75, 3.05) is 12.4 Å². The molecule has 108 valence electrons. The number of hydrogen-bond donors (Lipinski definition) is 2. The van der Waals surface area contributed by atoms with Crippen LogP contribution in [0.2, 0.25) is 0 Å². The number of anilines is 1. The van der Waals surface area contributed by atoms with Crippen LogP contribution in [0, 0.1) is 5.82 Å². The summed E-state index contributed by atoms with van der Waals surface area (Å²) in [5.41, 5.74) is 1.05. The standard InChI is InChI=1S/C14H19FN4O/c1-9(8-11-4-6-12(15)7-5-11)17-14-19-18-13(20-14)10(2)16-3/h4-7,9-10,16H,8H2,1-3H3,(H,17,19). The summed E-state index contributed by atoms with van der Waals surface area (Å²) in [6.07, 6.45) is 0.750. The quantitative estimate of drug-likeness (QED) is 0.850. The largest absolute Gasteiger partial charge is 0.406 e. The highest BCUT2D eigenvalue weighted by Gasteiger charge is 2.13. The lowest BCUT2D eigenvalue weighted by atomic mass is 10.1. The minimum absolute atomic E-state index is 0.0189. The van der Waals surface area contributed by atoms with Crippen LogP contribution in [-0.4, -0.2) is 23.3 Å². The normalized spacial score (nSPS) is 14.0. The van der Waals surface area contributed by atoms with E-state index in [0.717, 1.165) is 12.0 Å². The molecule has 1 aromatic carbocycles. The predicted octanol–water partition coefficient (Wildman–Crippen LogP) is 2.53. The number of rotatable bonds is 6. The maximum Gasteiger partial charge on any atom is 0.315 e. The first kappa shape index (κ1) is 14.5. The lowest BCUT2D eigenvalue weighted by molar-refractivity contribution is 0.438. The average molecular weight is 278 g/mol. The highest BCUT2D eigenvalue weighted by molar-refractivity contribution is 5.23. The van der Waals surface area contributed by atoms with Gasteiger partial charge in [-0.25, -0.2) is 4.39 Å². The Kier molecular flexibility index (Phi) is 4.68. The molecule has 2 atom stereocenters. The van der Waals surface area contributed by atoms with Crippen LogP contribution < -0.4 is 10.6 Å². The van der Waals surface area contributed by atoms with Crippen molar-refractivity contribution < 1.29 is 8.81 Å². The van der Waals surface area contributed by atoms with Crippen LogP contribution in [-0.2, 0) is 6.42 Å². The van der Waals surface area contributed by atoms with Gasteiger partial charge in [-0.15, -0.1) is 5.10 Å². The van der Waals surface area contributed by atoms with Crippen LogP contribution in [0.4, 0.5) is 10.4 Å². The van der Waals surface area contributed by atoms with E-state index in [2.05, 4.69) is 20.8 Å². The molecule has 0 spiro atoms. The van der Waals surface area contributed by atoms with Gasteiger partial charge in [0.2, 0.25) is 5.89 Å². The van der Waals surface area contributed by atoms with Gasteiger partial charge in [-0.3, -0.25) is 0 Å². The summed E-state index contributed by atoms with van der Waals surface area (Å²) in [5, 5.41) is 14.1. The summed E-state index contributed by atoms with van der Waals surface area (Å²) in [6.45, 7) is 3.95. The molecule has 5 nitrogen and oxygen atoms in total. The van der Waals surface area contributed by atoms with Crippen molar-refractivity contribution in [1.82, 2.24) is 15.5 Å². The van der Waals surface area contributed by atoms with Crippen LogP contribution >= 0.6 is 0 Å². The maximum atomic E-state index is 12.8. The van der Waals surface area contributed by atoms with Gasteiger partial charge in [0, 0.05) is 6.04 Å². The molecule has 0 aliphatic carbocycles. The summed E-state index contributed by atoms with van der Waals surface area (Å²) < 4.78 is 18.3. The Bertz CT molecular complexity index is 540. The van der Waals surface area contributed by atoms with E-state index in [9.17, 15) is 4.39 Å². The Hall–Kier alpha value is -1.95. The van der Waals surface area contributed by atoms with Gasteiger partial charge in [-0.1, -0.05) is 17.2 Å². The van der Waals surface area contributed by atoms with Crippen molar-refractivity contribution in [2.45, 2.75) is 32.4 Å². The molecule has 0 fully saturated rings. The number of hydrogen-bond acceptors (Lipinski definition) is 5. The molecule has 0 saturated carbocycles. The van der Waals surface area contributed by atoms with Crippen molar-refractivity contribution in [3.8, 4) is 0 Å². The summed E-state index contributed by atoms with van der Waals surface area (Å²) in [5.74, 6) is 0.320. The average Bonchev–Trinajstić information content (AvgIpc) is 2.89. The molecular weight excluding hydrogens is 259 g/mol. The Morgan fingerprint density at radius 3 is 2.55 bits per heavy atom. The summed E-state index contributed by atoms with van der Waals surface area (Å²) in [4.78, 5) is 0. The Labute approximate surface area is 117 Å². The van der Waals surface area contributed by atoms with Gasteiger partial charge in [0.05, 0.1) is 6.04 Å². The maximum absolute atomic E-state index is 12.8. The number of nitrogens with one attached hydrogen (secondary N) is 2. The molecule has 0 saturated heterocycles. The summed E-state index contributed by atoms with van der Waals surface area (Å²) >= 11 is 0. The topological polar surface area (TPSA) is 63.0 Å². The van der Waals surface area contributed by atoms with Crippen molar-refractivity contribution in [3.63, 3.8) is 0 Å². The fourth-order valence-electron chi connectivity index (χ4n) is 1.83. The summed E-state index contributed by atoms with van der Waals surface area (Å²) in [6, 6.07) is 7.00. The first-order chi connectivity index (χ1) is 9.58. The third-order valence-electron chi connectivity index (χ3n) is 3.07. The van der Waals surface area contributed by atoms with Crippen LogP contribution in [0.5, 0.6) is 0 Å². The summed E-state index contributed by atoms with van der Waals surface area (Å²) in [7, 11) is 1.83. The second kappa shape index (κ2) is 6.47. The molecular formula is C14H19FN4O. The van der Waals surface area contributed by atoms with Gasteiger partial charge >= 0.3 is 6.01 Å². The number of halogens is 1. The smallest absolute Gasteiger partial charge is 0.315 e. The molecule has 20 heavy (non-hydrogen) atoms. The van der Waals surface area contributed by atoms with E-state index in [1.54, 1.807) is 12.1 Å². The van der Waals surface area contributed by atoms with E-state index in [1.807, 2.05) is 20.9 Å². The van der Waals surface area contributed by atoms with Gasteiger partial charge in [-0.05, 0) is 45.0 Å². The van der Waals surface area contributed by atoms with E-state index in [0.29, 0.717) is 11.9 Å². The van der Waals surface area contributed by atoms with E-state index >= 15 is 0 Å². The van der Waals surface area contributed by atoms with Crippen molar-refractivity contribution in [1.29, 1.82) is 0 Å². The third kappa shape index (κ3) is 3.77. The monoisotopic (exact) mass is 278 g/mol. The minimum Gasteiger partial charge on any atom is -0.406 e.